The average Bonchev–Trinajstić information content (AvgIpc) is 2.32. The average molecular weight is 241 g/mol. The fourth-order valence-electron chi connectivity index (χ4n) is 0.650. The van der Waals surface area contributed by atoms with Gasteiger partial charge in [0, 0.05) is 0 Å². The van der Waals surface area contributed by atoms with E-state index in [-0.39, 0.29) is 9.23 Å². The van der Waals surface area contributed by atoms with E-state index in [1.807, 2.05) is 0 Å². The third-order valence-electron chi connectivity index (χ3n) is 1.06. The van der Waals surface area contributed by atoms with Crippen LogP contribution in [-0.2, 0) is 10.0 Å². The first-order valence-corrected chi connectivity index (χ1v) is 5.73. The van der Waals surface area contributed by atoms with Crippen molar-refractivity contribution in [1.29, 1.82) is 0 Å². The second-order valence-electron chi connectivity index (χ2n) is 2.03. The standard InChI is InChI=1S/C5H5ClN2O3S2/c6-3-1-2-12-4(3)13(10,11)8-5(7)9/h1-2H,(H3,7,8,9). The number of nitrogens with one attached hydrogen (secondary N) is 1. The summed E-state index contributed by atoms with van der Waals surface area (Å²) in [5.74, 6) is 0. The van der Waals surface area contributed by atoms with Crippen LogP contribution in [0, 0.1) is 0 Å². The van der Waals surface area contributed by atoms with Gasteiger partial charge in [0.1, 0.15) is 0 Å². The van der Waals surface area contributed by atoms with Crippen LogP contribution in [0.1, 0.15) is 0 Å². The fraction of sp³-hybridized carbons (Fsp3) is 0. The maximum atomic E-state index is 11.2. The highest BCUT2D eigenvalue weighted by Crippen LogP contribution is 2.26. The molecular weight excluding hydrogens is 236 g/mol. The Labute approximate surface area is 83.6 Å². The molecule has 0 fully saturated rings. The molecule has 0 radical (unpaired) electrons. The zero-order valence-corrected chi connectivity index (χ0v) is 8.54. The van der Waals surface area contributed by atoms with Crippen LogP contribution in [0.2, 0.25) is 5.02 Å². The predicted octanol–water partition coefficient (Wildman–Crippen LogP) is 0.758. The first-order chi connectivity index (χ1) is 5.93. The van der Waals surface area contributed by atoms with E-state index in [1.54, 1.807) is 4.72 Å². The van der Waals surface area contributed by atoms with Crippen LogP contribution >= 0.6 is 22.9 Å². The van der Waals surface area contributed by atoms with Gasteiger partial charge in [0.2, 0.25) is 0 Å². The number of urea groups is 1. The van der Waals surface area contributed by atoms with Gasteiger partial charge in [0.05, 0.1) is 5.02 Å². The number of amides is 2. The number of carbonyl (C=O) groups is 1. The topological polar surface area (TPSA) is 89.3 Å². The van der Waals surface area contributed by atoms with Crippen LogP contribution in [0.25, 0.3) is 0 Å². The van der Waals surface area contributed by atoms with Gasteiger partial charge >= 0.3 is 6.03 Å². The van der Waals surface area contributed by atoms with Crippen molar-refractivity contribution in [3.8, 4) is 0 Å². The summed E-state index contributed by atoms with van der Waals surface area (Å²) in [6, 6.07) is 0.284. The van der Waals surface area contributed by atoms with Crippen molar-refractivity contribution in [3.63, 3.8) is 0 Å². The number of nitrogens with two attached hydrogens (primary N) is 1. The number of rotatable bonds is 2. The normalized spacial score (nSPS) is 11.2. The maximum absolute atomic E-state index is 11.2. The number of hydrogen-bond donors (Lipinski definition) is 2. The van der Waals surface area contributed by atoms with E-state index in [2.05, 4.69) is 5.73 Å². The lowest BCUT2D eigenvalue weighted by Crippen LogP contribution is -2.34. The summed E-state index contributed by atoms with van der Waals surface area (Å²) >= 11 is 6.46. The molecule has 3 N–H and O–H groups in total. The lowest BCUT2D eigenvalue weighted by molar-refractivity contribution is 0.253. The number of thiophene rings is 1. The van der Waals surface area contributed by atoms with Crippen molar-refractivity contribution >= 4 is 39.0 Å². The van der Waals surface area contributed by atoms with Crippen molar-refractivity contribution in [3.05, 3.63) is 16.5 Å². The Hall–Kier alpha value is -0.790. The van der Waals surface area contributed by atoms with Gasteiger partial charge in [-0.1, -0.05) is 11.6 Å². The Balaban J connectivity index is 3.09. The Morgan fingerprint density at radius 3 is 2.62 bits per heavy atom. The molecule has 1 aromatic rings. The Kier molecular flexibility index (Phi) is 2.79. The molecule has 0 spiro atoms. The number of halogens is 1. The van der Waals surface area contributed by atoms with Crippen LogP contribution in [0.15, 0.2) is 15.7 Å². The number of carbonyl (C=O) groups excluding carboxylic acids is 1. The van der Waals surface area contributed by atoms with Gasteiger partial charge in [0.15, 0.2) is 4.21 Å². The molecular formula is C5H5ClN2O3S2. The van der Waals surface area contributed by atoms with Crippen molar-refractivity contribution in [2.24, 2.45) is 5.73 Å². The Morgan fingerprint density at radius 2 is 2.23 bits per heavy atom. The van der Waals surface area contributed by atoms with Crippen LogP contribution in [0.4, 0.5) is 4.79 Å². The largest absolute Gasteiger partial charge is 0.351 e. The van der Waals surface area contributed by atoms with Crippen molar-refractivity contribution in [1.82, 2.24) is 4.72 Å². The smallest absolute Gasteiger partial charge is 0.326 e. The number of hydrogen-bond acceptors (Lipinski definition) is 4. The second kappa shape index (κ2) is 3.52. The third-order valence-corrected chi connectivity index (χ3v) is 4.43. The molecule has 0 bridgehead atoms. The number of primary amides is 1. The Morgan fingerprint density at radius 1 is 1.62 bits per heavy atom. The Bertz CT molecular complexity index is 425. The maximum Gasteiger partial charge on any atom is 0.326 e. The molecule has 72 valence electrons. The van der Waals surface area contributed by atoms with E-state index in [4.69, 9.17) is 11.6 Å². The van der Waals surface area contributed by atoms with E-state index in [9.17, 15) is 13.2 Å². The SMILES string of the molecule is NC(=O)NS(=O)(=O)c1sccc1Cl. The molecule has 0 aliphatic rings. The summed E-state index contributed by atoms with van der Waals surface area (Å²) in [7, 11) is -3.88. The van der Waals surface area contributed by atoms with Crippen molar-refractivity contribution in [2.75, 3.05) is 0 Å². The molecule has 5 nitrogen and oxygen atoms in total. The van der Waals surface area contributed by atoms with Crippen LogP contribution in [-0.4, -0.2) is 14.4 Å². The fourth-order valence-corrected chi connectivity index (χ4v) is 3.22. The molecule has 1 aromatic heterocycles. The van der Waals surface area contributed by atoms with Gasteiger partial charge in [0.25, 0.3) is 10.0 Å². The van der Waals surface area contributed by atoms with Gasteiger partial charge in [-0.2, -0.15) is 0 Å². The molecule has 0 saturated carbocycles. The van der Waals surface area contributed by atoms with Crippen LogP contribution in [0.5, 0.6) is 0 Å². The first-order valence-electron chi connectivity index (χ1n) is 2.99. The summed E-state index contributed by atoms with van der Waals surface area (Å²) in [5.41, 5.74) is 4.67. The van der Waals surface area contributed by atoms with Gasteiger partial charge in [-0.3, -0.25) is 0 Å². The van der Waals surface area contributed by atoms with Crippen molar-refractivity contribution < 1.29 is 13.2 Å². The molecule has 13 heavy (non-hydrogen) atoms. The third kappa shape index (κ3) is 2.33. The summed E-state index contributed by atoms with van der Waals surface area (Å²) in [4.78, 5) is 10.3. The predicted molar refractivity (Wildman–Crippen MR) is 49.2 cm³/mol. The minimum atomic E-state index is -3.88. The molecule has 0 aliphatic carbocycles. The minimum absolute atomic E-state index is 0.0683. The molecule has 0 unspecified atom stereocenters. The van der Waals surface area contributed by atoms with Gasteiger partial charge in [-0.25, -0.2) is 17.9 Å². The molecule has 2 amide bonds. The molecule has 1 rings (SSSR count). The highest BCUT2D eigenvalue weighted by Gasteiger charge is 2.20. The summed E-state index contributed by atoms with van der Waals surface area (Å²) in [6.45, 7) is 0. The molecule has 0 atom stereocenters. The summed E-state index contributed by atoms with van der Waals surface area (Å²) < 4.78 is 24.0. The van der Waals surface area contributed by atoms with Gasteiger partial charge in [-0.15, -0.1) is 11.3 Å². The lowest BCUT2D eigenvalue weighted by atomic mass is 10.7. The molecule has 1 heterocycles. The minimum Gasteiger partial charge on any atom is -0.351 e. The van der Waals surface area contributed by atoms with E-state index in [0.717, 1.165) is 11.3 Å². The van der Waals surface area contributed by atoms with Crippen LogP contribution < -0.4 is 10.5 Å². The quantitative estimate of drug-likeness (QED) is 0.800. The van der Waals surface area contributed by atoms with Gasteiger partial charge in [-0.05, 0) is 11.4 Å². The molecule has 0 aliphatic heterocycles. The number of sulfonamides is 1. The first kappa shape index (κ1) is 10.3. The van der Waals surface area contributed by atoms with E-state index < -0.39 is 16.1 Å². The monoisotopic (exact) mass is 240 g/mol. The highest BCUT2D eigenvalue weighted by molar-refractivity contribution is 7.92. The molecule has 0 aromatic carbocycles. The molecule has 8 heteroatoms. The summed E-state index contributed by atoms with van der Waals surface area (Å²) in [5, 5.41) is 1.57. The molecule has 0 saturated heterocycles. The van der Waals surface area contributed by atoms with E-state index in [0.29, 0.717) is 0 Å². The second-order valence-corrected chi connectivity index (χ2v) is 5.23. The van der Waals surface area contributed by atoms with Gasteiger partial charge < -0.3 is 5.73 Å². The van der Waals surface area contributed by atoms with Crippen LogP contribution in [0.3, 0.4) is 0 Å². The van der Waals surface area contributed by atoms with Crippen molar-refractivity contribution in [2.45, 2.75) is 4.21 Å². The lowest BCUT2D eigenvalue weighted by Gasteiger charge is -2.00. The zero-order chi connectivity index (χ0) is 10.1. The highest BCUT2D eigenvalue weighted by atomic mass is 35.5. The van der Waals surface area contributed by atoms with E-state index >= 15 is 0 Å². The zero-order valence-electron chi connectivity index (χ0n) is 6.15. The summed E-state index contributed by atoms with van der Waals surface area (Å²) in [6.07, 6.45) is 0. The van der Waals surface area contributed by atoms with E-state index in [1.165, 1.54) is 11.4 Å².